The number of benzene rings is 3. The molecule has 10 heteroatoms. The number of phenolic OH excluding ortho intramolecular Hbond substituents is 1. The van der Waals surface area contributed by atoms with Crippen molar-refractivity contribution in [3.8, 4) is 17.2 Å². The van der Waals surface area contributed by atoms with E-state index in [1.165, 1.54) is 60.8 Å². The Morgan fingerprint density at radius 2 is 1.78 bits per heavy atom. The highest BCUT2D eigenvalue weighted by atomic mass is 32.1. The number of anilines is 1. The molecule has 1 amide bonds. The third kappa shape index (κ3) is 3.81. The topological polar surface area (TPSA) is 109 Å². The van der Waals surface area contributed by atoms with Crippen molar-refractivity contribution < 1.29 is 33.7 Å². The van der Waals surface area contributed by atoms with Gasteiger partial charge in [0.25, 0.3) is 5.78 Å². The predicted molar refractivity (Wildman–Crippen MR) is 132 cm³/mol. The van der Waals surface area contributed by atoms with Gasteiger partial charge in [0.05, 0.1) is 36.1 Å². The van der Waals surface area contributed by atoms with Gasteiger partial charge in [0.15, 0.2) is 16.6 Å². The van der Waals surface area contributed by atoms with Crippen LogP contribution in [0.2, 0.25) is 0 Å². The molecule has 0 radical (unpaired) electrons. The maximum Gasteiger partial charge on any atom is 0.301 e. The van der Waals surface area contributed by atoms with Gasteiger partial charge in [-0.2, -0.15) is 0 Å². The van der Waals surface area contributed by atoms with Gasteiger partial charge in [0.1, 0.15) is 17.3 Å². The highest BCUT2D eigenvalue weighted by Gasteiger charge is 2.48. The molecule has 2 N–H and O–H groups in total. The third-order valence-corrected chi connectivity index (χ3v) is 6.89. The lowest BCUT2D eigenvalue weighted by Gasteiger charge is -2.23. The molecule has 1 unspecified atom stereocenters. The van der Waals surface area contributed by atoms with E-state index in [1.807, 2.05) is 0 Å². The Kier molecular flexibility index (Phi) is 5.81. The minimum atomic E-state index is -1.09. The van der Waals surface area contributed by atoms with E-state index in [4.69, 9.17) is 9.47 Å². The van der Waals surface area contributed by atoms with Crippen LogP contribution in [0.15, 0.2) is 66.2 Å². The van der Waals surface area contributed by atoms with Gasteiger partial charge >= 0.3 is 5.91 Å². The molecule has 8 nitrogen and oxygen atoms in total. The Morgan fingerprint density at radius 3 is 2.47 bits per heavy atom. The fraction of sp³-hybridized carbons (Fsp3) is 0.115. The number of rotatable bonds is 5. The highest BCUT2D eigenvalue weighted by Crippen LogP contribution is 2.46. The Labute approximate surface area is 208 Å². The van der Waals surface area contributed by atoms with Gasteiger partial charge < -0.3 is 19.7 Å². The fourth-order valence-electron chi connectivity index (χ4n) is 4.10. The highest BCUT2D eigenvalue weighted by molar-refractivity contribution is 7.22. The van der Waals surface area contributed by atoms with Crippen LogP contribution in [0, 0.1) is 5.82 Å². The SMILES string of the molecule is COc1ccc2nc(N3C(=O)C(=O)C(=C(O)c4ccc(F)cc4)C3c3ccc(O)c(OC)c3)sc2c1. The molecule has 0 spiro atoms. The number of aliphatic hydroxyl groups is 1. The zero-order chi connectivity index (χ0) is 25.6. The van der Waals surface area contributed by atoms with Crippen molar-refractivity contribution in [2.45, 2.75) is 6.04 Å². The van der Waals surface area contributed by atoms with Crippen LogP contribution in [-0.4, -0.2) is 41.1 Å². The Morgan fingerprint density at radius 1 is 1.03 bits per heavy atom. The van der Waals surface area contributed by atoms with E-state index in [1.54, 1.807) is 18.2 Å². The summed E-state index contributed by atoms with van der Waals surface area (Å²) in [6.07, 6.45) is 0. The largest absolute Gasteiger partial charge is 0.507 e. The van der Waals surface area contributed by atoms with Crippen LogP contribution in [0.5, 0.6) is 17.2 Å². The molecule has 0 bridgehead atoms. The van der Waals surface area contributed by atoms with Crippen molar-refractivity contribution in [1.29, 1.82) is 0 Å². The molecule has 0 aliphatic carbocycles. The number of carbonyl (C=O) groups excluding carboxylic acids is 2. The smallest absolute Gasteiger partial charge is 0.301 e. The molecular formula is C26H19FN2O6S. The molecule has 4 aromatic rings. The minimum absolute atomic E-state index is 0.119. The summed E-state index contributed by atoms with van der Waals surface area (Å²) in [4.78, 5) is 32.4. The van der Waals surface area contributed by atoms with Crippen LogP contribution in [-0.2, 0) is 9.59 Å². The number of fused-ring (bicyclic) bond motifs is 1. The first kappa shape index (κ1) is 23.3. The molecule has 0 saturated carbocycles. The molecule has 1 fully saturated rings. The standard InChI is InChI=1S/C26H19FN2O6S/c1-34-16-8-9-17-20(12-16)36-26(28-17)29-22(14-5-10-18(30)19(11-14)35-2)21(24(32)25(29)33)23(31)13-3-6-15(27)7-4-13/h3-12,22,30-31H,1-2H3. The summed E-state index contributed by atoms with van der Waals surface area (Å²) in [6, 6.07) is 13.4. The zero-order valence-corrected chi connectivity index (χ0v) is 19.9. The molecule has 1 aliphatic rings. The van der Waals surface area contributed by atoms with E-state index >= 15 is 0 Å². The number of hydrogen-bond acceptors (Lipinski definition) is 8. The quantitative estimate of drug-likeness (QED) is 0.228. The van der Waals surface area contributed by atoms with Gasteiger partial charge in [-0.05, 0) is 60.2 Å². The van der Waals surface area contributed by atoms with Gasteiger partial charge in [-0.3, -0.25) is 14.5 Å². The van der Waals surface area contributed by atoms with Gasteiger partial charge in [0, 0.05) is 5.56 Å². The number of phenols is 1. The number of methoxy groups -OCH3 is 2. The first-order valence-electron chi connectivity index (χ1n) is 10.7. The van der Waals surface area contributed by atoms with Crippen molar-refractivity contribution in [1.82, 2.24) is 4.98 Å². The number of hydrogen-bond donors (Lipinski definition) is 2. The van der Waals surface area contributed by atoms with E-state index in [-0.39, 0.29) is 27.8 Å². The van der Waals surface area contributed by atoms with E-state index in [0.29, 0.717) is 16.8 Å². The molecular weight excluding hydrogens is 487 g/mol. The second kappa shape index (κ2) is 8.97. The number of aromatic nitrogens is 1. The molecule has 1 aliphatic heterocycles. The van der Waals surface area contributed by atoms with Crippen LogP contribution in [0.4, 0.5) is 9.52 Å². The van der Waals surface area contributed by atoms with Crippen LogP contribution < -0.4 is 14.4 Å². The summed E-state index contributed by atoms with van der Waals surface area (Å²) < 4.78 is 24.7. The summed E-state index contributed by atoms with van der Waals surface area (Å²) in [7, 11) is 2.91. The van der Waals surface area contributed by atoms with E-state index in [9.17, 15) is 24.2 Å². The first-order valence-corrected chi connectivity index (χ1v) is 11.5. The van der Waals surface area contributed by atoms with Gasteiger partial charge in [0.2, 0.25) is 0 Å². The van der Waals surface area contributed by atoms with Crippen LogP contribution in [0.25, 0.3) is 16.0 Å². The summed E-state index contributed by atoms with van der Waals surface area (Å²) in [5, 5.41) is 21.5. The summed E-state index contributed by atoms with van der Waals surface area (Å²) >= 11 is 1.18. The van der Waals surface area contributed by atoms with Crippen LogP contribution >= 0.6 is 11.3 Å². The number of Topliss-reactive ketones (excluding diaryl/α,β-unsaturated/α-hetero) is 1. The molecule has 2 heterocycles. The van der Waals surface area contributed by atoms with Crippen molar-refractivity contribution in [2.24, 2.45) is 0 Å². The summed E-state index contributed by atoms with van der Waals surface area (Å²) in [5.74, 6) is -2.20. The van der Waals surface area contributed by atoms with Gasteiger partial charge in [-0.1, -0.05) is 17.4 Å². The van der Waals surface area contributed by atoms with E-state index in [2.05, 4.69) is 4.98 Å². The normalized spacial score (nSPS) is 17.1. The lowest BCUT2D eigenvalue weighted by atomic mass is 9.95. The monoisotopic (exact) mass is 506 g/mol. The number of halogens is 1. The van der Waals surface area contributed by atoms with Crippen molar-refractivity contribution >= 4 is 44.1 Å². The van der Waals surface area contributed by atoms with E-state index in [0.717, 1.165) is 16.8 Å². The molecule has 5 rings (SSSR count). The number of aliphatic hydroxyl groups excluding tert-OH is 1. The van der Waals surface area contributed by atoms with E-state index < -0.39 is 29.3 Å². The summed E-state index contributed by atoms with van der Waals surface area (Å²) in [5.41, 5.74) is 0.956. The maximum absolute atomic E-state index is 13.5. The second-order valence-corrected chi connectivity index (χ2v) is 8.95. The number of ether oxygens (including phenoxy) is 2. The second-order valence-electron chi connectivity index (χ2n) is 7.94. The van der Waals surface area contributed by atoms with Crippen molar-refractivity contribution in [3.05, 3.63) is 83.2 Å². The lowest BCUT2D eigenvalue weighted by molar-refractivity contribution is -0.132. The number of thiazole rings is 1. The molecule has 182 valence electrons. The third-order valence-electron chi connectivity index (χ3n) is 5.87. The molecule has 1 aromatic heterocycles. The minimum Gasteiger partial charge on any atom is -0.507 e. The fourth-order valence-corrected chi connectivity index (χ4v) is 5.12. The molecule has 36 heavy (non-hydrogen) atoms. The average molecular weight is 507 g/mol. The number of nitrogens with zero attached hydrogens (tertiary/aromatic N) is 2. The van der Waals surface area contributed by atoms with Crippen molar-refractivity contribution in [2.75, 3.05) is 19.1 Å². The zero-order valence-electron chi connectivity index (χ0n) is 19.1. The van der Waals surface area contributed by atoms with Gasteiger partial charge in [-0.15, -0.1) is 0 Å². The van der Waals surface area contributed by atoms with Crippen molar-refractivity contribution in [3.63, 3.8) is 0 Å². The summed E-state index contributed by atoms with van der Waals surface area (Å²) in [6.45, 7) is 0. The average Bonchev–Trinajstić information content (AvgIpc) is 3.42. The Balaban J connectivity index is 1.74. The molecule has 1 saturated heterocycles. The number of amides is 1. The number of carbonyl (C=O) groups is 2. The van der Waals surface area contributed by atoms with Crippen LogP contribution in [0.3, 0.4) is 0 Å². The van der Waals surface area contributed by atoms with Gasteiger partial charge in [-0.25, -0.2) is 9.37 Å². The Bertz CT molecular complexity index is 1550. The van der Waals surface area contributed by atoms with Crippen LogP contribution in [0.1, 0.15) is 17.2 Å². The molecule has 1 atom stereocenters. The number of ketones is 1. The Hall–Kier alpha value is -4.44. The number of aromatic hydroxyl groups is 1. The predicted octanol–water partition coefficient (Wildman–Crippen LogP) is 4.78. The lowest BCUT2D eigenvalue weighted by Crippen LogP contribution is -2.29. The first-order chi connectivity index (χ1) is 17.3. The molecule has 3 aromatic carbocycles. The maximum atomic E-state index is 13.5.